The number of para-hydroxylation sites is 1. The summed E-state index contributed by atoms with van der Waals surface area (Å²) in [5.41, 5.74) is 1.17. The second-order valence-corrected chi connectivity index (χ2v) is 6.67. The average Bonchev–Trinajstić information content (AvgIpc) is 3.13. The molecular weight excluding hydrogens is 443 g/mol. The van der Waals surface area contributed by atoms with Crippen molar-refractivity contribution in [2.45, 2.75) is 19.8 Å². The van der Waals surface area contributed by atoms with Gasteiger partial charge in [-0.15, -0.1) is 35.3 Å². The van der Waals surface area contributed by atoms with Crippen molar-refractivity contribution in [1.82, 2.24) is 10.2 Å². The largest absolute Gasteiger partial charge is 0.385 e. The molecule has 2 aromatic rings. The highest BCUT2D eigenvalue weighted by Crippen LogP contribution is 2.09. The molecule has 4 nitrogen and oxygen atoms in total. The minimum Gasteiger partial charge on any atom is -0.385 e. The molecule has 138 valence electrons. The molecule has 2 N–H and O–H groups in total. The third-order valence-electron chi connectivity index (χ3n) is 3.67. The maximum atomic E-state index is 4.74. The lowest BCUT2D eigenvalue weighted by Gasteiger charge is -2.21. The summed E-state index contributed by atoms with van der Waals surface area (Å²) in [7, 11) is 2.11. The highest BCUT2D eigenvalue weighted by molar-refractivity contribution is 14.0. The van der Waals surface area contributed by atoms with Gasteiger partial charge in [-0.05, 0) is 43.3 Å². The molecule has 0 aliphatic carbocycles. The van der Waals surface area contributed by atoms with Crippen molar-refractivity contribution in [1.29, 1.82) is 0 Å². The van der Waals surface area contributed by atoms with E-state index in [0.717, 1.165) is 45.0 Å². The quantitative estimate of drug-likeness (QED) is 0.247. The van der Waals surface area contributed by atoms with E-state index in [-0.39, 0.29) is 24.0 Å². The van der Waals surface area contributed by atoms with E-state index in [1.165, 1.54) is 10.6 Å². The summed E-state index contributed by atoms with van der Waals surface area (Å²) >= 11 is 1.82. The Kier molecular flexibility index (Phi) is 11.3. The van der Waals surface area contributed by atoms with E-state index < -0.39 is 0 Å². The fourth-order valence-electron chi connectivity index (χ4n) is 2.36. The number of thiophene rings is 1. The van der Waals surface area contributed by atoms with Crippen LogP contribution in [0.5, 0.6) is 0 Å². The molecule has 1 aromatic carbocycles. The number of nitrogens with zero attached hydrogens (tertiary/aromatic N) is 2. The second kappa shape index (κ2) is 13.0. The molecule has 0 saturated heterocycles. The highest BCUT2D eigenvalue weighted by Gasteiger charge is 2.05. The number of aliphatic imine (C=N–C) groups is 1. The van der Waals surface area contributed by atoms with E-state index in [1.54, 1.807) is 0 Å². The average molecular weight is 472 g/mol. The molecule has 1 heterocycles. The summed E-state index contributed by atoms with van der Waals surface area (Å²) in [4.78, 5) is 8.38. The van der Waals surface area contributed by atoms with Crippen molar-refractivity contribution in [2.75, 3.05) is 38.5 Å². The summed E-state index contributed by atoms with van der Waals surface area (Å²) in [6.07, 6.45) is 2.08. The molecule has 0 radical (unpaired) electrons. The molecule has 0 amide bonds. The topological polar surface area (TPSA) is 39.7 Å². The Labute approximate surface area is 172 Å². The monoisotopic (exact) mass is 472 g/mol. The highest BCUT2D eigenvalue weighted by atomic mass is 127. The molecule has 0 bridgehead atoms. The lowest BCUT2D eigenvalue weighted by molar-refractivity contribution is 0.486. The van der Waals surface area contributed by atoms with Crippen LogP contribution in [0.1, 0.15) is 18.2 Å². The number of benzene rings is 1. The van der Waals surface area contributed by atoms with Crippen LogP contribution in [0.15, 0.2) is 52.8 Å². The standard InChI is InChI=1S/C19H28N4S.HI/c1-3-20-19(23(2)15-12-18-11-7-16-24-18)22-14-8-13-21-17-9-5-4-6-10-17;/h4-7,9-11,16,21H,3,8,12-15H2,1-2H3,(H,20,22);1H. The summed E-state index contributed by atoms with van der Waals surface area (Å²) in [6, 6.07) is 14.6. The van der Waals surface area contributed by atoms with E-state index in [2.05, 4.69) is 59.2 Å². The normalized spacial score (nSPS) is 10.9. The molecule has 0 spiro atoms. The smallest absolute Gasteiger partial charge is 0.193 e. The van der Waals surface area contributed by atoms with E-state index in [4.69, 9.17) is 4.99 Å². The van der Waals surface area contributed by atoms with Crippen LogP contribution in [-0.4, -0.2) is 44.1 Å². The Balaban J connectivity index is 0.00000312. The van der Waals surface area contributed by atoms with Crippen molar-refractivity contribution in [3.05, 3.63) is 52.7 Å². The number of halogens is 1. The Morgan fingerprint density at radius 1 is 1.16 bits per heavy atom. The lowest BCUT2D eigenvalue weighted by atomic mass is 10.3. The molecule has 6 heteroatoms. The predicted molar refractivity (Wildman–Crippen MR) is 122 cm³/mol. The van der Waals surface area contributed by atoms with Crippen LogP contribution in [0.3, 0.4) is 0 Å². The van der Waals surface area contributed by atoms with E-state index >= 15 is 0 Å². The number of likely N-dealkylation sites (N-methyl/N-ethyl adjacent to an activating group) is 1. The van der Waals surface area contributed by atoms with Gasteiger partial charge in [0.15, 0.2) is 5.96 Å². The number of hydrogen-bond donors (Lipinski definition) is 2. The first-order chi connectivity index (χ1) is 11.8. The van der Waals surface area contributed by atoms with Crippen LogP contribution in [0.2, 0.25) is 0 Å². The maximum Gasteiger partial charge on any atom is 0.193 e. The van der Waals surface area contributed by atoms with Gasteiger partial charge in [0.05, 0.1) is 0 Å². The third kappa shape index (κ3) is 8.58. The zero-order valence-corrected chi connectivity index (χ0v) is 18.2. The fourth-order valence-corrected chi connectivity index (χ4v) is 3.06. The summed E-state index contributed by atoms with van der Waals surface area (Å²) in [6.45, 7) is 5.75. The van der Waals surface area contributed by atoms with Gasteiger partial charge in [0, 0.05) is 43.8 Å². The summed E-state index contributed by atoms with van der Waals surface area (Å²) in [5, 5.41) is 8.93. The van der Waals surface area contributed by atoms with Gasteiger partial charge in [0.25, 0.3) is 0 Å². The lowest BCUT2D eigenvalue weighted by Crippen LogP contribution is -2.40. The minimum atomic E-state index is 0. The SMILES string of the molecule is CCNC(=NCCCNc1ccccc1)N(C)CCc1cccs1.I. The molecule has 0 aliphatic rings. The van der Waals surface area contributed by atoms with Crippen molar-refractivity contribution >= 4 is 47.0 Å². The van der Waals surface area contributed by atoms with Crippen LogP contribution in [0.4, 0.5) is 5.69 Å². The van der Waals surface area contributed by atoms with Crippen molar-refractivity contribution in [3.63, 3.8) is 0 Å². The second-order valence-electron chi connectivity index (χ2n) is 5.63. The van der Waals surface area contributed by atoms with Crippen molar-refractivity contribution < 1.29 is 0 Å². The van der Waals surface area contributed by atoms with Crippen LogP contribution in [0, 0.1) is 0 Å². The van der Waals surface area contributed by atoms with Crippen LogP contribution < -0.4 is 10.6 Å². The number of nitrogens with one attached hydrogen (secondary N) is 2. The van der Waals surface area contributed by atoms with Crippen LogP contribution >= 0.6 is 35.3 Å². The molecule has 0 saturated carbocycles. The summed E-state index contributed by atoms with van der Waals surface area (Å²) in [5.74, 6) is 0.994. The first-order valence-electron chi connectivity index (χ1n) is 8.60. The van der Waals surface area contributed by atoms with Gasteiger partial charge in [0.2, 0.25) is 0 Å². The Morgan fingerprint density at radius 2 is 1.96 bits per heavy atom. The number of rotatable bonds is 9. The van der Waals surface area contributed by atoms with E-state index in [0.29, 0.717) is 0 Å². The molecule has 0 aliphatic heterocycles. The summed E-state index contributed by atoms with van der Waals surface area (Å²) < 4.78 is 0. The zero-order valence-electron chi connectivity index (χ0n) is 15.1. The number of guanidine groups is 1. The molecule has 2 rings (SSSR count). The molecule has 0 fully saturated rings. The van der Waals surface area contributed by atoms with Gasteiger partial charge in [-0.1, -0.05) is 24.3 Å². The van der Waals surface area contributed by atoms with Crippen LogP contribution in [-0.2, 0) is 6.42 Å². The molecule has 1 aromatic heterocycles. The Morgan fingerprint density at radius 3 is 2.64 bits per heavy atom. The van der Waals surface area contributed by atoms with Crippen LogP contribution in [0.25, 0.3) is 0 Å². The van der Waals surface area contributed by atoms with E-state index in [1.807, 2.05) is 29.5 Å². The fraction of sp³-hybridized carbons (Fsp3) is 0.421. The van der Waals surface area contributed by atoms with Gasteiger partial charge >= 0.3 is 0 Å². The van der Waals surface area contributed by atoms with Gasteiger partial charge in [-0.3, -0.25) is 4.99 Å². The number of hydrogen-bond acceptors (Lipinski definition) is 3. The molecule has 0 unspecified atom stereocenters. The third-order valence-corrected chi connectivity index (χ3v) is 4.61. The zero-order chi connectivity index (χ0) is 17.0. The van der Waals surface area contributed by atoms with Gasteiger partial charge < -0.3 is 15.5 Å². The Hall–Kier alpha value is -1.28. The van der Waals surface area contributed by atoms with E-state index in [9.17, 15) is 0 Å². The number of anilines is 1. The predicted octanol–water partition coefficient (Wildman–Crippen LogP) is 4.31. The molecule has 0 atom stereocenters. The van der Waals surface area contributed by atoms with Gasteiger partial charge in [-0.25, -0.2) is 0 Å². The maximum absolute atomic E-state index is 4.74. The van der Waals surface area contributed by atoms with Crippen molar-refractivity contribution in [2.24, 2.45) is 4.99 Å². The first kappa shape index (κ1) is 21.8. The minimum absolute atomic E-state index is 0. The van der Waals surface area contributed by atoms with Crippen molar-refractivity contribution in [3.8, 4) is 0 Å². The van der Waals surface area contributed by atoms with Gasteiger partial charge in [0.1, 0.15) is 0 Å². The van der Waals surface area contributed by atoms with Gasteiger partial charge in [-0.2, -0.15) is 0 Å². The molecule has 25 heavy (non-hydrogen) atoms. The Bertz CT molecular complexity index is 587. The molecular formula is C19H29IN4S. The first-order valence-corrected chi connectivity index (χ1v) is 9.48.